The van der Waals surface area contributed by atoms with Crippen LogP contribution >= 0.6 is 11.6 Å². The molecule has 0 spiro atoms. The molecule has 0 aromatic carbocycles. The highest BCUT2D eigenvalue weighted by Crippen LogP contribution is 2.24. The molecule has 1 aliphatic rings. The Balaban J connectivity index is 1.95. The molecule has 1 aliphatic heterocycles. The van der Waals surface area contributed by atoms with Crippen LogP contribution < -0.4 is 5.32 Å². The van der Waals surface area contributed by atoms with Crippen molar-refractivity contribution < 1.29 is 4.74 Å². The summed E-state index contributed by atoms with van der Waals surface area (Å²) in [7, 11) is 0. The van der Waals surface area contributed by atoms with Crippen LogP contribution in [0.1, 0.15) is 25.3 Å². The maximum Gasteiger partial charge on any atom is 0.224 e. The van der Waals surface area contributed by atoms with Crippen molar-refractivity contribution in [1.82, 2.24) is 9.97 Å². The van der Waals surface area contributed by atoms with Crippen molar-refractivity contribution in [1.29, 1.82) is 0 Å². The number of hydrogen-bond acceptors (Lipinski definition) is 4. The Morgan fingerprint density at radius 3 is 3.18 bits per heavy atom. The molecule has 94 valence electrons. The molecule has 0 saturated carbocycles. The molecule has 0 aliphatic carbocycles. The second-order valence-corrected chi connectivity index (χ2v) is 4.76. The summed E-state index contributed by atoms with van der Waals surface area (Å²) >= 11 is 5.78. The molecule has 4 nitrogen and oxygen atoms in total. The van der Waals surface area contributed by atoms with E-state index in [1.807, 2.05) is 6.92 Å². The predicted octanol–water partition coefficient (Wildman–Crippen LogP) is 2.67. The third-order valence-electron chi connectivity index (χ3n) is 3.22. The quantitative estimate of drug-likeness (QED) is 0.841. The minimum absolute atomic E-state index is 0.285. The van der Waals surface area contributed by atoms with Gasteiger partial charge in [-0.1, -0.05) is 6.92 Å². The highest BCUT2D eigenvalue weighted by molar-refractivity contribution is 6.28. The largest absolute Gasteiger partial charge is 0.378 e. The molecular formula is C12H18ClN3O. The Hall–Kier alpha value is -0.870. The lowest BCUT2D eigenvalue weighted by Crippen LogP contribution is -2.23. The average Bonchev–Trinajstić information content (AvgIpc) is 2.77. The Labute approximate surface area is 107 Å². The number of nitrogens with one attached hydrogen (secondary N) is 1. The second kappa shape index (κ2) is 5.65. The van der Waals surface area contributed by atoms with Crippen LogP contribution in [0, 0.1) is 12.8 Å². The first-order valence-electron chi connectivity index (χ1n) is 6.05. The normalized spacial score (nSPS) is 23.9. The first-order valence-corrected chi connectivity index (χ1v) is 6.43. The van der Waals surface area contributed by atoms with Gasteiger partial charge in [-0.2, -0.15) is 0 Å². The number of ether oxygens (including phenoxy) is 1. The summed E-state index contributed by atoms with van der Waals surface area (Å²) in [6.45, 7) is 5.89. The number of aryl methyl sites for hydroxylation is 1. The van der Waals surface area contributed by atoms with Crippen molar-refractivity contribution in [3.05, 3.63) is 17.0 Å². The fourth-order valence-corrected chi connectivity index (χ4v) is 2.34. The minimum atomic E-state index is 0.285. The van der Waals surface area contributed by atoms with E-state index < -0.39 is 0 Å². The maximum atomic E-state index is 5.78. The van der Waals surface area contributed by atoms with Crippen LogP contribution in [0.15, 0.2) is 6.20 Å². The summed E-state index contributed by atoms with van der Waals surface area (Å²) in [6, 6.07) is 0. The lowest BCUT2D eigenvalue weighted by atomic mass is 10.00. The summed E-state index contributed by atoms with van der Waals surface area (Å²) in [5.41, 5.74) is 1.02. The second-order valence-electron chi connectivity index (χ2n) is 4.42. The fraction of sp³-hybridized carbons (Fsp3) is 0.667. The summed E-state index contributed by atoms with van der Waals surface area (Å²) in [5, 5.41) is 3.63. The molecule has 1 aromatic rings. The van der Waals surface area contributed by atoms with Crippen LogP contribution in [-0.4, -0.2) is 29.2 Å². The molecule has 2 atom stereocenters. The Bertz CT molecular complexity index is 386. The van der Waals surface area contributed by atoms with Gasteiger partial charge in [0.1, 0.15) is 5.82 Å². The molecule has 1 aromatic heterocycles. The zero-order valence-electron chi connectivity index (χ0n) is 10.2. The van der Waals surface area contributed by atoms with Crippen LogP contribution in [0.25, 0.3) is 0 Å². The monoisotopic (exact) mass is 255 g/mol. The molecule has 1 N–H and O–H groups in total. The van der Waals surface area contributed by atoms with E-state index in [-0.39, 0.29) is 5.28 Å². The van der Waals surface area contributed by atoms with Gasteiger partial charge in [0.15, 0.2) is 0 Å². The first-order chi connectivity index (χ1) is 8.20. The minimum Gasteiger partial charge on any atom is -0.378 e. The number of aromatic nitrogens is 2. The third kappa shape index (κ3) is 3.07. The van der Waals surface area contributed by atoms with E-state index in [0.29, 0.717) is 12.0 Å². The first kappa shape index (κ1) is 12.6. The van der Waals surface area contributed by atoms with Gasteiger partial charge >= 0.3 is 0 Å². The molecule has 0 bridgehead atoms. The molecule has 2 rings (SSSR count). The van der Waals surface area contributed by atoms with E-state index in [0.717, 1.165) is 37.4 Å². The van der Waals surface area contributed by atoms with Gasteiger partial charge in [-0.05, 0) is 31.4 Å². The molecular weight excluding hydrogens is 238 g/mol. The number of halogens is 1. The molecule has 0 radical (unpaired) electrons. The highest BCUT2D eigenvalue weighted by Gasteiger charge is 2.26. The van der Waals surface area contributed by atoms with Crippen LogP contribution in [0.5, 0.6) is 0 Å². The van der Waals surface area contributed by atoms with Gasteiger partial charge in [0, 0.05) is 30.8 Å². The van der Waals surface area contributed by atoms with Crippen molar-refractivity contribution in [2.75, 3.05) is 18.5 Å². The van der Waals surface area contributed by atoms with Crippen LogP contribution in [0.4, 0.5) is 5.82 Å². The van der Waals surface area contributed by atoms with E-state index in [2.05, 4.69) is 22.2 Å². The molecule has 0 amide bonds. The predicted molar refractivity (Wildman–Crippen MR) is 68.4 cm³/mol. The molecule has 1 saturated heterocycles. The van der Waals surface area contributed by atoms with Gasteiger partial charge in [0.2, 0.25) is 5.28 Å². The molecule has 2 heterocycles. The van der Waals surface area contributed by atoms with E-state index in [1.165, 1.54) is 0 Å². The molecule has 17 heavy (non-hydrogen) atoms. The van der Waals surface area contributed by atoms with Crippen molar-refractivity contribution in [2.24, 2.45) is 5.92 Å². The standard InChI is InChI=1S/C12H18ClN3O/c1-3-10-9(4-5-17-10)7-14-11-8(2)6-15-12(13)16-11/h6,9-10H,3-5,7H2,1-2H3,(H,14,15,16). The Morgan fingerprint density at radius 1 is 1.59 bits per heavy atom. The number of nitrogens with zero attached hydrogens (tertiary/aromatic N) is 2. The lowest BCUT2D eigenvalue weighted by Gasteiger charge is -2.18. The van der Waals surface area contributed by atoms with Crippen LogP contribution in [-0.2, 0) is 4.74 Å². The Morgan fingerprint density at radius 2 is 2.41 bits per heavy atom. The third-order valence-corrected chi connectivity index (χ3v) is 3.40. The van der Waals surface area contributed by atoms with Crippen LogP contribution in [0.2, 0.25) is 5.28 Å². The summed E-state index contributed by atoms with van der Waals surface area (Å²) in [5.74, 6) is 1.39. The van der Waals surface area contributed by atoms with Crippen LogP contribution in [0.3, 0.4) is 0 Å². The number of hydrogen-bond donors (Lipinski definition) is 1. The van der Waals surface area contributed by atoms with Gasteiger partial charge in [0.25, 0.3) is 0 Å². The SMILES string of the molecule is CCC1OCCC1CNc1nc(Cl)ncc1C. The number of rotatable bonds is 4. The Kier molecular flexibility index (Phi) is 4.18. The van der Waals surface area contributed by atoms with E-state index in [9.17, 15) is 0 Å². The van der Waals surface area contributed by atoms with Gasteiger partial charge in [-0.3, -0.25) is 0 Å². The van der Waals surface area contributed by atoms with E-state index in [4.69, 9.17) is 16.3 Å². The van der Waals surface area contributed by atoms with Gasteiger partial charge in [-0.25, -0.2) is 9.97 Å². The summed E-state index contributed by atoms with van der Waals surface area (Å²) in [4.78, 5) is 8.13. The van der Waals surface area contributed by atoms with Gasteiger partial charge in [-0.15, -0.1) is 0 Å². The smallest absolute Gasteiger partial charge is 0.224 e. The average molecular weight is 256 g/mol. The van der Waals surface area contributed by atoms with E-state index in [1.54, 1.807) is 6.20 Å². The number of anilines is 1. The summed E-state index contributed by atoms with van der Waals surface area (Å²) in [6.07, 6.45) is 4.29. The molecule has 2 unspecified atom stereocenters. The molecule has 5 heteroatoms. The van der Waals surface area contributed by atoms with Crippen molar-refractivity contribution in [3.63, 3.8) is 0 Å². The topological polar surface area (TPSA) is 47.0 Å². The van der Waals surface area contributed by atoms with Crippen molar-refractivity contribution in [2.45, 2.75) is 32.8 Å². The summed E-state index contributed by atoms with van der Waals surface area (Å²) < 4.78 is 5.66. The highest BCUT2D eigenvalue weighted by atomic mass is 35.5. The van der Waals surface area contributed by atoms with Gasteiger partial charge in [0.05, 0.1) is 6.10 Å². The zero-order chi connectivity index (χ0) is 12.3. The van der Waals surface area contributed by atoms with Crippen molar-refractivity contribution in [3.8, 4) is 0 Å². The maximum absolute atomic E-state index is 5.78. The molecule has 1 fully saturated rings. The zero-order valence-corrected chi connectivity index (χ0v) is 11.0. The van der Waals surface area contributed by atoms with Gasteiger partial charge < -0.3 is 10.1 Å². The fourth-order valence-electron chi connectivity index (χ4n) is 2.20. The van der Waals surface area contributed by atoms with E-state index >= 15 is 0 Å². The van der Waals surface area contributed by atoms with Crippen molar-refractivity contribution >= 4 is 17.4 Å². The lowest BCUT2D eigenvalue weighted by molar-refractivity contribution is 0.0900.